The van der Waals surface area contributed by atoms with Crippen molar-refractivity contribution in [1.29, 1.82) is 0 Å². The van der Waals surface area contributed by atoms with E-state index in [9.17, 15) is 4.79 Å². The van der Waals surface area contributed by atoms with Crippen LogP contribution in [-0.2, 0) is 0 Å². The number of carbonyl (C=O) groups is 1. The molecule has 1 spiro atoms. The largest absolute Gasteiger partial charge is 0.332 e. The average molecular weight is 307 g/mol. The number of benzene rings is 1. The van der Waals surface area contributed by atoms with Crippen molar-refractivity contribution < 1.29 is 4.79 Å². The Kier molecular flexibility index (Phi) is 4.12. The zero-order chi connectivity index (χ0) is 14.9. The molecule has 1 saturated carbocycles. The summed E-state index contributed by atoms with van der Waals surface area (Å²) in [5, 5.41) is 4.04. The number of amides is 2. The molecule has 3 rings (SSSR count). The van der Waals surface area contributed by atoms with Crippen LogP contribution >= 0.6 is 11.6 Å². The van der Waals surface area contributed by atoms with Crippen LogP contribution in [0.4, 0.5) is 4.79 Å². The molecule has 0 bridgehead atoms. The number of hydrogen-bond donors (Lipinski definition) is 1. The molecule has 2 aliphatic rings. The Morgan fingerprint density at radius 1 is 1.14 bits per heavy atom. The summed E-state index contributed by atoms with van der Waals surface area (Å²) in [6.07, 6.45) is 7.14. The second-order valence-electron chi connectivity index (χ2n) is 6.44. The van der Waals surface area contributed by atoms with E-state index in [4.69, 9.17) is 11.6 Å². The van der Waals surface area contributed by atoms with E-state index < -0.39 is 0 Å². The van der Waals surface area contributed by atoms with Gasteiger partial charge in [0, 0.05) is 17.1 Å². The Bertz CT molecular complexity index is 508. The monoisotopic (exact) mass is 306 g/mol. The molecule has 0 radical (unpaired) electrons. The van der Waals surface area contributed by atoms with Crippen LogP contribution in [-0.4, -0.2) is 23.0 Å². The van der Waals surface area contributed by atoms with Gasteiger partial charge in [-0.15, -0.1) is 0 Å². The lowest BCUT2D eigenvalue weighted by Gasteiger charge is -2.46. The molecule has 1 saturated heterocycles. The minimum atomic E-state index is 0.0749. The van der Waals surface area contributed by atoms with Gasteiger partial charge in [-0.1, -0.05) is 43.0 Å². The van der Waals surface area contributed by atoms with Crippen molar-refractivity contribution in [1.82, 2.24) is 10.2 Å². The Labute approximate surface area is 131 Å². The molecule has 2 amide bonds. The molecule has 1 unspecified atom stereocenters. The molecule has 1 atom stereocenters. The zero-order valence-corrected chi connectivity index (χ0v) is 13.3. The molecule has 1 aromatic rings. The number of urea groups is 1. The first-order chi connectivity index (χ1) is 10.1. The molecular formula is C17H23ClN2O. The standard InChI is InChI=1S/C17H23ClN2O/c1-13(14-5-7-15(18)8-6-14)20-12-11-17(19-16(20)21)9-3-2-4-10-17/h5-8,13H,2-4,9-12H2,1H3,(H,19,21). The summed E-state index contributed by atoms with van der Waals surface area (Å²) in [7, 11) is 0. The second kappa shape index (κ2) is 5.88. The van der Waals surface area contributed by atoms with Crippen LogP contribution in [0.15, 0.2) is 24.3 Å². The van der Waals surface area contributed by atoms with Crippen LogP contribution in [0.25, 0.3) is 0 Å². The summed E-state index contributed by atoms with van der Waals surface area (Å²) in [6, 6.07) is 7.96. The first kappa shape index (κ1) is 14.7. The molecule has 1 N–H and O–H groups in total. The van der Waals surface area contributed by atoms with Gasteiger partial charge in [0.1, 0.15) is 0 Å². The summed E-state index contributed by atoms with van der Waals surface area (Å²) in [5.41, 5.74) is 1.21. The van der Waals surface area contributed by atoms with Crippen molar-refractivity contribution in [2.45, 2.75) is 57.0 Å². The van der Waals surface area contributed by atoms with E-state index in [1.165, 1.54) is 19.3 Å². The fourth-order valence-corrected chi connectivity index (χ4v) is 3.82. The highest BCUT2D eigenvalue weighted by molar-refractivity contribution is 6.30. The fourth-order valence-electron chi connectivity index (χ4n) is 3.69. The molecule has 1 aromatic carbocycles. The van der Waals surface area contributed by atoms with E-state index in [1.807, 2.05) is 29.2 Å². The predicted octanol–water partition coefficient (Wildman–Crippen LogP) is 4.52. The molecule has 1 aliphatic carbocycles. The Hall–Kier alpha value is -1.22. The molecule has 1 aliphatic heterocycles. The topological polar surface area (TPSA) is 32.3 Å². The lowest BCUT2D eigenvalue weighted by molar-refractivity contribution is 0.108. The number of nitrogens with one attached hydrogen (secondary N) is 1. The minimum absolute atomic E-state index is 0.0749. The van der Waals surface area contributed by atoms with Crippen LogP contribution in [0, 0.1) is 0 Å². The van der Waals surface area contributed by atoms with Crippen LogP contribution in [0.3, 0.4) is 0 Å². The normalized spacial score (nSPS) is 23.0. The second-order valence-corrected chi connectivity index (χ2v) is 6.88. The van der Waals surface area contributed by atoms with Crippen molar-refractivity contribution >= 4 is 17.6 Å². The van der Waals surface area contributed by atoms with Gasteiger partial charge in [0.25, 0.3) is 0 Å². The van der Waals surface area contributed by atoms with Gasteiger partial charge in [-0.25, -0.2) is 4.79 Å². The molecule has 4 heteroatoms. The van der Waals surface area contributed by atoms with Gasteiger partial charge in [-0.3, -0.25) is 0 Å². The molecule has 3 nitrogen and oxygen atoms in total. The van der Waals surface area contributed by atoms with Crippen LogP contribution in [0.5, 0.6) is 0 Å². The van der Waals surface area contributed by atoms with Crippen molar-refractivity contribution in [3.05, 3.63) is 34.9 Å². The number of nitrogens with zero attached hydrogens (tertiary/aromatic N) is 1. The van der Waals surface area contributed by atoms with E-state index >= 15 is 0 Å². The molecule has 21 heavy (non-hydrogen) atoms. The van der Waals surface area contributed by atoms with Crippen molar-refractivity contribution in [2.24, 2.45) is 0 Å². The smallest absolute Gasteiger partial charge is 0.318 e. The lowest BCUT2D eigenvalue weighted by Crippen LogP contribution is -2.60. The van der Waals surface area contributed by atoms with Gasteiger partial charge < -0.3 is 10.2 Å². The Morgan fingerprint density at radius 2 is 1.81 bits per heavy atom. The highest BCUT2D eigenvalue weighted by Gasteiger charge is 2.40. The highest BCUT2D eigenvalue weighted by atomic mass is 35.5. The van der Waals surface area contributed by atoms with Gasteiger partial charge in [-0.05, 0) is 43.9 Å². The number of hydrogen-bond acceptors (Lipinski definition) is 1. The average Bonchev–Trinajstić information content (AvgIpc) is 2.48. The van der Waals surface area contributed by atoms with Crippen LogP contribution in [0.2, 0.25) is 5.02 Å². The third-order valence-corrected chi connectivity index (χ3v) is 5.35. The highest BCUT2D eigenvalue weighted by Crippen LogP contribution is 2.35. The maximum atomic E-state index is 12.5. The zero-order valence-electron chi connectivity index (χ0n) is 12.6. The maximum absolute atomic E-state index is 12.5. The van der Waals surface area contributed by atoms with Crippen molar-refractivity contribution in [3.63, 3.8) is 0 Å². The SMILES string of the molecule is CC(c1ccc(Cl)cc1)N1CCC2(CCCCC2)NC1=O. The molecular weight excluding hydrogens is 284 g/mol. The Morgan fingerprint density at radius 3 is 2.43 bits per heavy atom. The van der Waals surface area contributed by atoms with Gasteiger partial charge in [0.2, 0.25) is 0 Å². The third kappa shape index (κ3) is 3.03. The summed E-state index contributed by atoms with van der Waals surface area (Å²) in [5.74, 6) is 0. The van der Waals surface area contributed by atoms with Crippen molar-refractivity contribution in [3.8, 4) is 0 Å². The van der Waals surface area contributed by atoms with Gasteiger partial charge >= 0.3 is 6.03 Å². The third-order valence-electron chi connectivity index (χ3n) is 5.09. The number of halogens is 1. The lowest BCUT2D eigenvalue weighted by atomic mass is 9.78. The summed E-state index contributed by atoms with van der Waals surface area (Å²) in [4.78, 5) is 14.5. The number of carbonyl (C=O) groups excluding carboxylic acids is 1. The van der Waals surface area contributed by atoms with E-state index in [2.05, 4.69) is 12.2 Å². The minimum Gasteiger partial charge on any atom is -0.332 e. The summed E-state index contributed by atoms with van der Waals surface area (Å²) in [6.45, 7) is 2.93. The Balaban J connectivity index is 1.70. The fraction of sp³-hybridized carbons (Fsp3) is 0.588. The summed E-state index contributed by atoms with van der Waals surface area (Å²) >= 11 is 5.94. The predicted molar refractivity (Wildman–Crippen MR) is 85.5 cm³/mol. The van der Waals surface area contributed by atoms with Crippen LogP contribution < -0.4 is 5.32 Å². The van der Waals surface area contributed by atoms with E-state index in [0.29, 0.717) is 0 Å². The number of rotatable bonds is 2. The van der Waals surface area contributed by atoms with Gasteiger partial charge in [0.05, 0.1) is 6.04 Å². The van der Waals surface area contributed by atoms with Crippen LogP contribution in [0.1, 0.15) is 57.1 Å². The van der Waals surface area contributed by atoms with Gasteiger partial charge in [-0.2, -0.15) is 0 Å². The quantitative estimate of drug-likeness (QED) is 0.856. The summed E-state index contributed by atoms with van der Waals surface area (Å²) < 4.78 is 0. The first-order valence-electron chi connectivity index (χ1n) is 7.94. The van der Waals surface area contributed by atoms with Crippen molar-refractivity contribution in [2.75, 3.05) is 6.54 Å². The van der Waals surface area contributed by atoms with E-state index in [0.717, 1.165) is 36.4 Å². The molecule has 1 heterocycles. The molecule has 114 valence electrons. The van der Waals surface area contributed by atoms with Gasteiger partial charge in [0.15, 0.2) is 0 Å². The molecule has 2 fully saturated rings. The van der Waals surface area contributed by atoms with E-state index in [-0.39, 0.29) is 17.6 Å². The first-order valence-corrected chi connectivity index (χ1v) is 8.32. The van der Waals surface area contributed by atoms with E-state index in [1.54, 1.807) is 0 Å². The maximum Gasteiger partial charge on any atom is 0.318 e. The molecule has 0 aromatic heterocycles.